The number of piperidine rings is 1. The highest BCUT2D eigenvalue weighted by molar-refractivity contribution is 5.88. The lowest BCUT2D eigenvalue weighted by Gasteiger charge is -2.35. The van der Waals surface area contributed by atoms with Gasteiger partial charge in [0.2, 0.25) is 0 Å². The quantitative estimate of drug-likeness (QED) is 0.577. The third-order valence-corrected chi connectivity index (χ3v) is 6.65. The fraction of sp³-hybridized carbons (Fsp3) is 0.385. The van der Waals surface area contributed by atoms with E-state index < -0.39 is 0 Å². The van der Waals surface area contributed by atoms with Crippen LogP contribution in [-0.4, -0.2) is 54.1 Å². The fourth-order valence-electron chi connectivity index (χ4n) is 4.86. The highest BCUT2D eigenvalue weighted by Gasteiger charge is 2.32. The Labute approximate surface area is 183 Å². The molecule has 0 aliphatic carbocycles. The van der Waals surface area contributed by atoms with Gasteiger partial charge in [0.05, 0.1) is 12.1 Å². The average molecular weight is 417 g/mol. The number of hydrogen-bond acceptors (Lipinski definition) is 5. The van der Waals surface area contributed by atoms with Gasteiger partial charge in [-0.3, -0.25) is 9.88 Å². The third-order valence-electron chi connectivity index (χ3n) is 6.65. The molecule has 0 radical (unpaired) electrons. The van der Waals surface area contributed by atoms with Crippen LogP contribution in [0.4, 0.5) is 0 Å². The second kappa shape index (κ2) is 8.77. The van der Waals surface area contributed by atoms with Crippen molar-refractivity contribution in [3.8, 4) is 16.9 Å². The molecule has 0 amide bonds. The lowest BCUT2D eigenvalue weighted by atomic mass is 9.98. The Morgan fingerprint density at radius 3 is 2.65 bits per heavy atom. The maximum absolute atomic E-state index is 10.9. The molecule has 3 aromatic rings. The molecule has 2 fully saturated rings. The van der Waals surface area contributed by atoms with Crippen LogP contribution in [0.5, 0.6) is 5.75 Å². The summed E-state index contributed by atoms with van der Waals surface area (Å²) >= 11 is 0. The van der Waals surface area contributed by atoms with Crippen LogP contribution in [0.3, 0.4) is 0 Å². The van der Waals surface area contributed by atoms with E-state index in [1.807, 2.05) is 12.3 Å². The molecule has 2 atom stereocenters. The van der Waals surface area contributed by atoms with Gasteiger partial charge in [-0.05, 0) is 61.1 Å². The zero-order chi connectivity index (χ0) is 21.2. The van der Waals surface area contributed by atoms with Gasteiger partial charge in [-0.1, -0.05) is 30.3 Å². The van der Waals surface area contributed by atoms with Gasteiger partial charge in [0.15, 0.2) is 0 Å². The Morgan fingerprint density at radius 1 is 1.10 bits per heavy atom. The zero-order valence-corrected chi connectivity index (χ0v) is 17.9. The Balaban J connectivity index is 1.21. The number of fused-ring (bicyclic) bond motifs is 1. The van der Waals surface area contributed by atoms with Gasteiger partial charge < -0.3 is 14.3 Å². The summed E-state index contributed by atoms with van der Waals surface area (Å²) in [7, 11) is 0. The molecule has 2 aliphatic rings. The van der Waals surface area contributed by atoms with Gasteiger partial charge in [0.1, 0.15) is 24.2 Å². The lowest BCUT2D eigenvalue weighted by molar-refractivity contribution is -0.115. The molecule has 5 nitrogen and oxygen atoms in total. The average Bonchev–Trinajstić information content (AvgIpc) is 3.30. The summed E-state index contributed by atoms with van der Waals surface area (Å²) in [5, 5.41) is 1.17. The molecule has 1 aromatic heterocycles. The van der Waals surface area contributed by atoms with E-state index in [-0.39, 0.29) is 12.2 Å². The van der Waals surface area contributed by atoms with E-state index in [9.17, 15) is 4.79 Å². The summed E-state index contributed by atoms with van der Waals surface area (Å²) in [6, 6.07) is 17.2. The first-order valence-corrected chi connectivity index (χ1v) is 11.1. The predicted octanol–water partition coefficient (Wildman–Crippen LogP) is 4.41. The largest absolute Gasteiger partial charge is 0.490 e. The summed E-state index contributed by atoms with van der Waals surface area (Å²) in [5.74, 6) is 0.920. The molecule has 2 aliphatic heterocycles. The van der Waals surface area contributed by atoms with Crippen LogP contribution in [0.15, 0.2) is 54.7 Å². The van der Waals surface area contributed by atoms with E-state index in [0.29, 0.717) is 12.6 Å². The summed E-state index contributed by atoms with van der Waals surface area (Å²) in [4.78, 5) is 17.9. The Bertz CT molecular complexity index is 1060. The second-order valence-electron chi connectivity index (χ2n) is 8.59. The van der Waals surface area contributed by atoms with Gasteiger partial charge in [-0.25, -0.2) is 0 Å². The van der Waals surface area contributed by atoms with Crippen molar-refractivity contribution in [2.24, 2.45) is 0 Å². The molecule has 3 heterocycles. The minimum absolute atomic E-state index is 0.223. The Kier molecular flexibility index (Phi) is 5.70. The van der Waals surface area contributed by atoms with Crippen molar-refractivity contribution >= 4 is 17.2 Å². The monoisotopic (exact) mass is 416 g/mol. The molecule has 5 heteroatoms. The number of carbonyl (C=O) groups is 1. The molecule has 0 bridgehead atoms. The minimum atomic E-state index is -0.223. The van der Waals surface area contributed by atoms with Crippen LogP contribution in [0.1, 0.15) is 24.8 Å². The van der Waals surface area contributed by atoms with Crippen molar-refractivity contribution in [1.29, 1.82) is 0 Å². The molecular formula is C26H28N2O3. The summed E-state index contributed by atoms with van der Waals surface area (Å²) in [6.45, 7) is 4.78. The van der Waals surface area contributed by atoms with Crippen molar-refractivity contribution in [3.63, 3.8) is 0 Å². The maximum Gasteiger partial charge on any atom is 0.148 e. The van der Waals surface area contributed by atoms with E-state index in [1.165, 1.54) is 22.1 Å². The molecule has 0 saturated carbocycles. The molecule has 0 spiro atoms. The van der Waals surface area contributed by atoms with Crippen molar-refractivity contribution in [3.05, 3.63) is 60.3 Å². The lowest BCUT2D eigenvalue weighted by Crippen LogP contribution is -2.44. The molecule has 5 rings (SSSR count). The molecule has 2 saturated heterocycles. The highest BCUT2D eigenvalue weighted by Crippen LogP contribution is 2.30. The fourth-order valence-corrected chi connectivity index (χ4v) is 4.86. The number of pyridine rings is 1. The first kappa shape index (κ1) is 20.2. The van der Waals surface area contributed by atoms with Gasteiger partial charge in [0, 0.05) is 30.7 Å². The SMILES string of the molecule is Cc1c(-c2ccc(OC3CCN(C4CO[C@H](C=O)C4)CC3)cc2)ccc2cccnc12. The number of aromatic nitrogens is 1. The number of rotatable bonds is 5. The number of ether oxygens (including phenoxy) is 2. The van der Waals surface area contributed by atoms with Crippen LogP contribution < -0.4 is 4.74 Å². The third kappa shape index (κ3) is 4.21. The number of carbonyl (C=O) groups excluding carboxylic acids is 1. The molecule has 0 N–H and O–H groups in total. The summed E-state index contributed by atoms with van der Waals surface area (Å²) in [5.41, 5.74) is 4.64. The molecule has 1 unspecified atom stereocenters. The van der Waals surface area contributed by atoms with Gasteiger partial charge >= 0.3 is 0 Å². The smallest absolute Gasteiger partial charge is 0.148 e. The normalized spacial score (nSPS) is 22.6. The van der Waals surface area contributed by atoms with Crippen LogP contribution in [-0.2, 0) is 9.53 Å². The van der Waals surface area contributed by atoms with Crippen LogP contribution in [0.25, 0.3) is 22.0 Å². The zero-order valence-electron chi connectivity index (χ0n) is 17.9. The van der Waals surface area contributed by atoms with E-state index >= 15 is 0 Å². The summed E-state index contributed by atoms with van der Waals surface area (Å²) < 4.78 is 11.8. The van der Waals surface area contributed by atoms with Crippen molar-refractivity contribution in [1.82, 2.24) is 9.88 Å². The maximum atomic E-state index is 10.9. The number of likely N-dealkylation sites (tertiary alicyclic amines) is 1. The molecule has 160 valence electrons. The molecular weight excluding hydrogens is 388 g/mol. The number of nitrogens with zero attached hydrogens (tertiary/aromatic N) is 2. The van der Waals surface area contributed by atoms with Crippen LogP contribution in [0.2, 0.25) is 0 Å². The Hall–Kier alpha value is -2.76. The number of aryl methyl sites for hydroxylation is 1. The topological polar surface area (TPSA) is 51.7 Å². The van der Waals surface area contributed by atoms with Crippen LogP contribution in [0, 0.1) is 6.92 Å². The Morgan fingerprint density at radius 2 is 1.90 bits per heavy atom. The standard InChI is InChI=1S/C26H28N2O3/c1-18-25(9-6-20-3-2-12-27-26(18)20)19-4-7-22(8-5-19)31-23-10-13-28(14-11-23)21-15-24(16-29)30-17-21/h2-9,12,16,21,23-24H,10-11,13-15,17H2,1H3/t21?,24-/m0/s1. The number of hydrogen-bond donors (Lipinski definition) is 0. The number of aldehydes is 1. The van der Waals surface area contributed by atoms with Crippen molar-refractivity contribution in [2.45, 2.75) is 44.4 Å². The summed E-state index contributed by atoms with van der Waals surface area (Å²) in [6.07, 6.45) is 5.61. The number of benzene rings is 2. The second-order valence-corrected chi connectivity index (χ2v) is 8.59. The molecule has 2 aromatic carbocycles. The first-order valence-electron chi connectivity index (χ1n) is 11.1. The van der Waals surface area contributed by atoms with Gasteiger partial charge in [0.25, 0.3) is 0 Å². The van der Waals surface area contributed by atoms with Gasteiger partial charge in [-0.2, -0.15) is 0 Å². The van der Waals surface area contributed by atoms with E-state index in [2.05, 4.69) is 59.3 Å². The molecule has 31 heavy (non-hydrogen) atoms. The predicted molar refractivity (Wildman–Crippen MR) is 121 cm³/mol. The van der Waals surface area contributed by atoms with E-state index in [0.717, 1.165) is 49.9 Å². The van der Waals surface area contributed by atoms with Crippen LogP contribution >= 0.6 is 0 Å². The first-order chi connectivity index (χ1) is 15.2. The van der Waals surface area contributed by atoms with E-state index in [1.54, 1.807) is 0 Å². The highest BCUT2D eigenvalue weighted by atomic mass is 16.5. The van der Waals surface area contributed by atoms with Gasteiger partial charge in [-0.15, -0.1) is 0 Å². The van der Waals surface area contributed by atoms with E-state index in [4.69, 9.17) is 9.47 Å². The van der Waals surface area contributed by atoms with Crippen molar-refractivity contribution in [2.75, 3.05) is 19.7 Å². The van der Waals surface area contributed by atoms with Crippen molar-refractivity contribution < 1.29 is 14.3 Å². The minimum Gasteiger partial charge on any atom is -0.490 e.